The number of carbonyl (C=O) groups excluding carboxylic acids is 2. The Hall–Kier alpha value is -2.95. The molecule has 5 nitrogen and oxygen atoms in total. The first-order valence-corrected chi connectivity index (χ1v) is 11.0. The standard InChI is InChI=1S/C23H24ClF6N3O2/c1-21(2,14-24)19(34)31-10-5-11-33(18-9-4-7-16(13-18)23(28,29)30)20(35)32-17-8-3-6-15(12-17)22(25,26)27/h3-4,6-9,12-13H,5,10-11,14H2,1-2H3,(H,31,34)(H,32,35). The predicted octanol–water partition coefficient (Wildman–Crippen LogP) is 6.53. The van der Waals surface area contributed by atoms with Gasteiger partial charge in [-0.25, -0.2) is 4.79 Å². The van der Waals surface area contributed by atoms with Crippen LogP contribution in [0.5, 0.6) is 0 Å². The second kappa shape index (κ2) is 11.2. The molecule has 2 aromatic rings. The highest BCUT2D eigenvalue weighted by Crippen LogP contribution is 2.33. The number of nitrogens with zero attached hydrogens (tertiary/aromatic N) is 1. The smallest absolute Gasteiger partial charge is 0.356 e. The van der Waals surface area contributed by atoms with Crippen molar-refractivity contribution in [2.24, 2.45) is 5.41 Å². The molecule has 0 aliphatic heterocycles. The molecule has 192 valence electrons. The van der Waals surface area contributed by atoms with Gasteiger partial charge in [-0.05, 0) is 56.7 Å². The summed E-state index contributed by atoms with van der Waals surface area (Å²) in [4.78, 5) is 26.0. The zero-order chi connectivity index (χ0) is 26.4. The van der Waals surface area contributed by atoms with Crippen molar-refractivity contribution in [1.29, 1.82) is 0 Å². The fourth-order valence-corrected chi connectivity index (χ4v) is 3.02. The van der Waals surface area contributed by atoms with Crippen molar-refractivity contribution < 1.29 is 35.9 Å². The lowest BCUT2D eigenvalue weighted by Crippen LogP contribution is -2.41. The van der Waals surface area contributed by atoms with Crippen LogP contribution in [0.2, 0.25) is 0 Å². The number of carbonyl (C=O) groups is 2. The number of alkyl halides is 7. The summed E-state index contributed by atoms with van der Waals surface area (Å²) in [6.07, 6.45) is -9.16. The van der Waals surface area contributed by atoms with Gasteiger partial charge in [0, 0.05) is 30.3 Å². The molecule has 2 aromatic carbocycles. The van der Waals surface area contributed by atoms with Gasteiger partial charge in [-0.1, -0.05) is 12.1 Å². The van der Waals surface area contributed by atoms with Crippen LogP contribution in [0.15, 0.2) is 48.5 Å². The average molecular weight is 524 g/mol. The van der Waals surface area contributed by atoms with Gasteiger partial charge >= 0.3 is 18.4 Å². The Morgan fingerprint density at radius 1 is 0.914 bits per heavy atom. The first kappa shape index (κ1) is 28.3. The van der Waals surface area contributed by atoms with Gasteiger partial charge in [0.05, 0.1) is 16.5 Å². The number of nitrogens with one attached hydrogen (secondary N) is 2. The monoisotopic (exact) mass is 523 g/mol. The molecule has 3 amide bonds. The number of halogens is 7. The van der Waals surface area contributed by atoms with Crippen molar-refractivity contribution in [2.75, 3.05) is 29.2 Å². The zero-order valence-electron chi connectivity index (χ0n) is 18.9. The van der Waals surface area contributed by atoms with Crippen molar-refractivity contribution in [3.8, 4) is 0 Å². The highest BCUT2D eigenvalue weighted by atomic mass is 35.5. The van der Waals surface area contributed by atoms with Crippen LogP contribution >= 0.6 is 11.6 Å². The van der Waals surface area contributed by atoms with E-state index >= 15 is 0 Å². The number of urea groups is 1. The van der Waals surface area contributed by atoms with Crippen molar-refractivity contribution in [1.82, 2.24) is 5.32 Å². The molecule has 0 atom stereocenters. The number of hydrogen-bond acceptors (Lipinski definition) is 2. The summed E-state index contributed by atoms with van der Waals surface area (Å²) in [5.41, 5.74) is -3.13. The summed E-state index contributed by atoms with van der Waals surface area (Å²) in [5, 5.41) is 4.94. The molecule has 0 aromatic heterocycles. The second-order valence-corrected chi connectivity index (χ2v) is 8.60. The molecule has 0 aliphatic rings. The number of hydrogen-bond donors (Lipinski definition) is 2. The number of rotatable bonds is 8. The lowest BCUT2D eigenvalue weighted by molar-refractivity contribution is -0.138. The van der Waals surface area contributed by atoms with Gasteiger partial charge < -0.3 is 10.6 Å². The van der Waals surface area contributed by atoms with Crippen LogP contribution in [-0.4, -0.2) is 30.9 Å². The summed E-state index contributed by atoms with van der Waals surface area (Å²) < 4.78 is 78.6. The largest absolute Gasteiger partial charge is 0.416 e. The summed E-state index contributed by atoms with van der Waals surface area (Å²) in [6, 6.07) is 6.93. The van der Waals surface area contributed by atoms with E-state index in [1.807, 2.05) is 0 Å². The molecule has 2 N–H and O–H groups in total. The topological polar surface area (TPSA) is 61.4 Å². The predicted molar refractivity (Wildman–Crippen MR) is 121 cm³/mol. The Labute approximate surface area is 203 Å². The van der Waals surface area contributed by atoms with Gasteiger partial charge in [-0.15, -0.1) is 11.6 Å². The maximum absolute atomic E-state index is 13.2. The number of amides is 3. The molecule has 2 rings (SSSR count). The van der Waals surface area contributed by atoms with E-state index in [4.69, 9.17) is 11.6 Å². The van der Waals surface area contributed by atoms with Crippen LogP contribution in [0.1, 0.15) is 31.4 Å². The SMILES string of the molecule is CC(C)(CCl)C(=O)NCCCN(C(=O)Nc1cccc(C(F)(F)F)c1)c1cccc(C(F)(F)F)c1. The van der Waals surface area contributed by atoms with Gasteiger partial charge in [0.25, 0.3) is 0 Å². The average Bonchev–Trinajstić information content (AvgIpc) is 2.77. The third-order valence-electron chi connectivity index (χ3n) is 4.96. The van der Waals surface area contributed by atoms with Crippen LogP contribution in [0, 0.1) is 5.41 Å². The molecular weight excluding hydrogens is 500 g/mol. The third-order valence-corrected chi connectivity index (χ3v) is 5.63. The molecular formula is C23H24ClF6N3O2. The molecule has 0 fully saturated rings. The van der Waals surface area contributed by atoms with Crippen molar-refractivity contribution in [2.45, 2.75) is 32.6 Å². The first-order valence-electron chi connectivity index (χ1n) is 10.4. The number of benzene rings is 2. The van der Waals surface area contributed by atoms with E-state index in [9.17, 15) is 35.9 Å². The molecule has 0 heterocycles. The van der Waals surface area contributed by atoms with Crippen molar-refractivity contribution in [3.05, 3.63) is 59.7 Å². The fourth-order valence-electron chi connectivity index (χ4n) is 2.90. The summed E-state index contributed by atoms with van der Waals surface area (Å²) >= 11 is 5.76. The van der Waals surface area contributed by atoms with Crippen LogP contribution in [0.4, 0.5) is 42.5 Å². The molecule has 12 heteroatoms. The molecule has 0 saturated carbocycles. The second-order valence-electron chi connectivity index (χ2n) is 8.34. The normalized spacial score (nSPS) is 12.3. The van der Waals surface area contributed by atoms with Crippen LogP contribution < -0.4 is 15.5 Å². The summed E-state index contributed by atoms with van der Waals surface area (Å²) in [6.45, 7) is 3.22. The maximum atomic E-state index is 13.2. The maximum Gasteiger partial charge on any atom is 0.416 e. The molecule has 0 saturated heterocycles. The quantitative estimate of drug-likeness (QED) is 0.235. The lowest BCUT2D eigenvalue weighted by Gasteiger charge is -2.25. The van der Waals surface area contributed by atoms with Crippen molar-refractivity contribution >= 4 is 34.9 Å². The highest BCUT2D eigenvalue weighted by molar-refractivity contribution is 6.19. The minimum Gasteiger partial charge on any atom is -0.356 e. The van der Waals surface area contributed by atoms with E-state index in [2.05, 4.69) is 10.6 Å². The molecule has 0 radical (unpaired) electrons. The molecule has 0 bridgehead atoms. The molecule has 0 unspecified atom stereocenters. The number of anilines is 2. The van der Waals surface area contributed by atoms with Gasteiger partial charge in [-0.3, -0.25) is 9.69 Å². The van der Waals surface area contributed by atoms with E-state index in [0.29, 0.717) is 0 Å². The lowest BCUT2D eigenvalue weighted by atomic mass is 9.95. The van der Waals surface area contributed by atoms with Gasteiger partial charge in [0.15, 0.2) is 0 Å². The Bertz CT molecular complexity index is 1040. The van der Waals surface area contributed by atoms with E-state index in [0.717, 1.165) is 41.3 Å². The minimum absolute atomic E-state index is 0.0641. The van der Waals surface area contributed by atoms with Gasteiger partial charge in [0.2, 0.25) is 5.91 Å². The molecule has 0 spiro atoms. The Balaban J connectivity index is 2.24. The summed E-state index contributed by atoms with van der Waals surface area (Å²) in [7, 11) is 0. The van der Waals surface area contributed by atoms with E-state index in [1.54, 1.807) is 13.8 Å². The fraction of sp³-hybridized carbons (Fsp3) is 0.391. The van der Waals surface area contributed by atoms with E-state index < -0.39 is 34.9 Å². The first-order chi connectivity index (χ1) is 16.1. The van der Waals surface area contributed by atoms with E-state index in [1.165, 1.54) is 12.1 Å². The van der Waals surface area contributed by atoms with Crippen molar-refractivity contribution in [3.63, 3.8) is 0 Å². The Morgan fingerprint density at radius 2 is 1.49 bits per heavy atom. The molecule has 35 heavy (non-hydrogen) atoms. The minimum atomic E-state index is -4.67. The van der Waals surface area contributed by atoms with Gasteiger partial charge in [-0.2, -0.15) is 26.3 Å². The third kappa shape index (κ3) is 8.05. The van der Waals surface area contributed by atoms with E-state index in [-0.39, 0.29) is 42.7 Å². The van der Waals surface area contributed by atoms with Crippen LogP contribution in [0.3, 0.4) is 0 Å². The summed E-state index contributed by atoms with van der Waals surface area (Å²) in [5.74, 6) is -0.277. The highest BCUT2D eigenvalue weighted by Gasteiger charge is 2.32. The molecule has 0 aliphatic carbocycles. The van der Waals surface area contributed by atoms with Gasteiger partial charge in [0.1, 0.15) is 0 Å². The Kier molecular flexibility index (Phi) is 9.05. The zero-order valence-corrected chi connectivity index (χ0v) is 19.6. The van der Waals surface area contributed by atoms with Crippen LogP contribution in [-0.2, 0) is 17.1 Å². The van der Waals surface area contributed by atoms with Crippen LogP contribution in [0.25, 0.3) is 0 Å². The Morgan fingerprint density at radius 3 is 2.06 bits per heavy atom.